The van der Waals surface area contributed by atoms with Crippen molar-refractivity contribution in [1.82, 2.24) is 4.98 Å². The number of hydrogen-bond donors (Lipinski definition) is 1. The summed E-state index contributed by atoms with van der Waals surface area (Å²) in [7, 11) is 0. The highest BCUT2D eigenvalue weighted by atomic mass is 32.1. The highest BCUT2D eigenvalue weighted by molar-refractivity contribution is 7.16. The van der Waals surface area contributed by atoms with Crippen LogP contribution in [0.5, 0.6) is 11.5 Å². The molecule has 0 aliphatic carbocycles. The second-order valence-electron chi connectivity index (χ2n) is 6.26. The molecule has 0 saturated heterocycles. The van der Waals surface area contributed by atoms with E-state index in [1.165, 1.54) is 11.3 Å². The Labute approximate surface area is 162 Å². The van der Waals surface area contributed by atoms with E-state index in [1.807, 2.05) is 36.4 Å². The highest BCUT2D eigenvalue weighted by Crippen LogP contribution is 2.40. The topological polar surface area (TPSA) is 60.5 Å². The molecule has 0 unspecified atom stereocenters. The largest absolute Gasteiger partial charge is 0.494 e. The summed E-state index contributed by atoms with van der Waals surface area (Å²) < 4.78 is 11.4. The first-order valence-electron chi connectivity index (χ1n) is 9.00. The molecule has 0 radical (unpaired) electrons. The minimum atomic E-state index is -0.198. The van der Waals surface area contributed by atoms with E-state index in [4.69, 9.17) is 9.47 Å². The van der Waals surface area contributed by atoms with Gasteiger partial charge in [0.25, 0.3) is 5.91 Å². The molecule has 0 atom stereocenters. The first kappa shape index (κ1) is 17.5. The number of nitrogens with one attached hydrogen (secondary N) is 1. The zero-order chi connectivity index (χ0) is 18.6. The zero-order valence-corrected chi connectivity index (χ0v) is 15.8. The molecule has 2 aromatic carbocycles. The van der Waals surface area contributed by atoms with Gasteiger partial charge < -0.3 is 9.47 Å². The molecular formula is C21H20N2O3S. The number of aromatic nitrogens is 1. The Balaban J connectivity index is 1.50. The summed E-state index contributed by atoms with van der Waals surface area (Å²) in [5, 5.41) is 3.47. The van der Waals surface area contributed by atoms with Gasteiger partial charge in [-0.3, -0.25) is 10.1 Å². The molecule has 138 valence electrons. The van der Waals surface area contributed by atoms with Crippen molar-refractivity contribution in [1.29, 1.82) is 0 Å². The van der Waals surface area contributed by atoms with E-state index in [2.05, 4.69) is 17.2 Å². The van der Waals surface area contributed by atoms with Crippen molar-refractivity contribution in [3.05, 3.63) is 59.0 Å². The molecule has 1 amide bonds. The molecule has 1 aliphatic rings. The summed E-state index contributed by atoms with van der Waals surface area (Å²) in [6.45, 7) is 3.24. The van der Waals surface area contributed by atoms with Crippen LogP contribution >= 0.6 is 11.3 Å². The summed E-state index contributed by atoms with van der Waals surface area (Å²) in [6, 6.07) is 15.0. The van der Waals surface area contributed by atoms with Crippen molar-refractivity contribution in [2.45, 2.75) is 26.4 Å². The van der Waals surface area contributed by atoms with Crippen molar-refractivity contribution in [2.24, 2.45) is 0 Å². The molecule has 1 aliphatic heterocycles. The quantitative estimate of drug-likeness (QED) is 0.602. The Kier molecular flexibility index (Phi) is 5.07. The first-order valence-corrected chi connectivity index (χ1v) is 9.82. The van der Waals surface area contributed by atoms with Gasteiger partial charge in [-0.15, -0.1) is 0 Å². The van der Waals surface area contributed by atoms with Crippen LogP contribution in [-0.4, -0.2) is 17.5 Å². The van der Waals surface area contributed by atoms with Gasteiger partial charge in [-0.2, -0.15) is 0 Å². The van der Waals surface area contributed by atoms with Crippen LogP contribution in [-0.2, 0) is 6.61 Å². The van der Waals surface area contributed by atoms with Crippen LogP contribution in [0.4, 0.5) is 5.13 Å². The maximum Gasteiger partial charge on any atom is 0.257 e. The van der Waals surface area contributed by atoms with Crippen molar-refractivity contribution in [3.8, 4) is 22.8 Å². The molecule has 0 saturated carbocycles. The lowest BCUT2D eigenvalue weighted by atomic mass is 10.1. The lowest BCUT2D eigenvalue weighted by molar-refractivity contribution is 0.102. The molecule has 6 heteroatoms. The number of anilines is 1. The number of benzene rings is 2. The van der Waals surface area contributed by atoms with Crippen LogP contribution in [0.2, 0.25) is 0 Å². The van der Waals surface area contributed by atoms with Gasteiger partial charge in [0.15, 0.2) is 5.13 Å². The fourth-order valence-electron chi connectivity index (χ4n) is 2.88. The van der Waals surface area contributed by atoms with E-state index in [1.54, 1.807) is 12.1 Å². The Morgan fingerprint density at radius 3 is 3.04 bits per heavy atom. The number of carbonyl (C=O) groups is 1. The second-order valence-corrected chi connectivity index (χ2v) is 7.34. The highest BCUT2D eigenvalue weighted by Gasteiger charge is 2.22. The van der Waals surface area contributed by atoms with Crippen LogP contribution in [0.3, 0.4) is 0 Å². The molecule has 0 spiro atoms. The van der Waals surface area contributed by atoms with Crippen molar-refractivity contribution in [3.63, 3.8) is 0 Å². The summed E-state index contributed by atoms with van der Waals surface area (Å²) in [5.74, 6) is 1.33. The SMILES string of the molecule is CCCCOc1cccc(C(=O)Nc2nc3c(s2)COc2ccccc2-3)c1. The molecule has 27 heavy (non-hydrogen) atoms. The van der Waals surface area contributed by atoms with E-state index in [0.717, 1.165) is 34.7 Å². The van der Waals surface area contributed by atoms with Crippen LogP contribution in [0, 0.1) is 0 Å². The van der Waals surface area contributed by atoms with Gasteiger partial charge in [-0.1, -0.05) is 42.9 Å². The van der Waals surface area contributed by atoms with Gasteiger partial charge in [0.05, 0.1) is 17.2 Å². The number of ether oxygens (including phenoxy) is 2. The Morgan fingerprint density at radius 1 is 1.26 bits per heavy atom. The van der Waals surface area contributed by atoms with Gasteiger partial charge in [-0.05, 0) is 36.8 Å². The van der Waals surface area contributed by atoms with Crippen LogP contribution in [0.1, 0.15) is 35.0 Å². The molecule has 1 aromatic heterocycles. The van der Waals surface area contributed by atoms with Crippen molar-refractivity contribution >= 4 is 22.4 Å². The molecule has 0 fully saturated rings. The normalized spacial score (nSPS) is 11.9. The number of nitrogens with zero attached hydrogens (tertiary/aromatic N) is 1. The van der Waals surface area contributed by atoms with Crippen molar-refractivity contribution < 1.29 is 14.3 Å². The number of unbranched alkanes of at least 4 members (excludes halogenated alkanes) is 1. The average molecular weight is 380 g/mol. The zero-order valence-electron chi connectivity index (χ0n) is 15.0. The molecule has 0 bridgehead atoms. The van der Waals surface area contributed by atoms with E-state index in [0.29, 0.717) is 29.7 Å². The predicted molar refractivity (Wildman–Crippen MR) is 107 cm³/mol. The molecule has 2 heterocycles. The van der Waals surface area contributed by atoms with Gasteiger partial charge in [-0.25, -0.2) is 4.98 Å². The van der Waals surface area contributed by atoms with Crippen LogP contribution in [0.25, 0.3) is 11.3 Å². The van der Waals surface area contributed by atoms with E-state index >= 15 is 0 Å². The van der Waals surface area contributed by atoms with Gasteiger partial charge >= 0.3 is 0 Å². The Bertz CT molecular complexity index is 968. The predicted octanol–water partition coefficient (Wildman–Crippen LogP) is 5.13. The monoisotopic (exact) mass is 380 g/mol. The minimum absolute atomic E-state index is 0.198. The summed E-state index contributed by atoms with van der Waals surface area (Å²) in [6.07, 6.45) is 2.06. The number of fused-ring (bicyclic) bond motifs is 3. The number of rotatable bonds is 6. The Hall–Kier alpha value is -2.86. The second kappa shape index (κ2) is 7.80. The molecule has 4 rings (SSSR count). The van der Waals surface area contributed by atoms with Crippen molar-refractivity contribution in [2.75, 3.05) is 11.9 Å². The third-order valence-corrected chi connectivity index (χ3v) is 5.23. The van der Waals surface area contributed by atoms with Crippen LogP contribution in [0.15, 0.2) is 48.5 Å². The fourth-order valence-corrected chi connectivity index (χ4v) is 3.76. The number of thiazole rings is 1. The van der Waals surface area contributed by atoms with Gasteiger partial charge in [0.1, 0.15) is 18.1 Å². The smallest absolute Gasteiger partial charge is 0.257 e. The molecular weight excluding hydrogens is 360 g/mol. The molecule has 3 aromatic rings. The minimum Gasteiger partial charge on any atom is -0.494 e. The number of amides is 1. The number of carbonyl (C=O) groups excluding carboxylic acids is 1. The summed E-state index contributed by atoms with van der Waals surface area (Å²) in [5.41, 5.74) is 2.39. The lowest BCUT2D eigenvalue weighted by Gasteiger charge is -2.15. The van der Waals surface area contributed by atoms with Gasteiger partial charge in [0.2, 0.25) is 0 Å². The van der Waals surface area contributed by atoms with Gasteiger partial charge in [0, 0.05) is 11.1 Å². The van der Waals surface area contributed by atoms with E-state index in [-0.39, 0.29) is 5.91 Å². The summed E-state index contributed by atoms with van der Waals surface area (Å²) >= 11 is 1.44. The number of para-hydroxylation sites is 1. The molecule has 5 nitrogen and oxygen atoms in total. The van der Waals surface area contributed by atoms with E-state index in [9.17, 15) is 4.79 Å². The summed E-state index contributed by atoms with van der Waals surface area (Å²) in [4.78, 5) is 18.3. The van der Waals surface area contributed by atoms with Crippen LogP contribution < -0.4 is 14.8 Å². The first-order chi connectivity index (χ1) is 13.2. The molecule has 1 N–H and O–H groups in total. The maximum atomic E-state index is 12.6. The third kappa shape index (κ3) is 3.80. The van der Waals surface area contributed by atoms with E-state index < -0.39 is 0 Å². The maximum absolute atomic E-state index is 12.6. The third-order valence-electron chi connectivity index (χ3n) is 4.28. The standard InChI is InChI=1S/C21H20N2O3S/c1-2-3-11-25-15-8-6-7-14(12-15)20(24)23-21-22-19-16-9-4-5-10-17(16)26-13-18(19)27-21/h4-10,12H,2-3,11,13H2,1H3,(H,22,23,24). The Morgan fingerprint density at radius 2 is 2.15 bits per heavy atom. The average Bonchev–Trinajstić information content (AvgIpc) is 3.11. The fraction of sp³-hybridized carbons (Fsp3) is 0.238. The number of hydrogen-bond acceptors (Lipinski definition) is 5. The lowest BCUT2D eigenvalue weighted by Crippen LogP contribution is -2.11.